The zero-order valence-corrected chi connectivity index (χ0v) is 16.9. The minimum atomic E-state index is -0.0863. The number of aromatic nitrogens is 4. The number of aromatic amines is 1. The van der Waals surface area contributed by atoms with Gasteiger partial charge in [0, 0.05) is 49.8 Å². The topological polar surface area (TPSA) is 85.2 Å². The highest BCUT2D eigenvalue weighted by Crippen LogP contribution is 2.28. The molecule has 3 aromatic rings. The second-order valence-corrected chi connectivity index (χ2v) is 7.42. The van der Waals surface area contributed by atoms with Crippen LogP contribution in [0.4, 0.5) is 0 Å². The minimum Gasteiger partial charge on any atom is -0.383 e. The second-order valence-electron chi connectivity index (χ2n) is 7.42. The monoisotopic (exact) mass is 397 g/mol. The number of carbonyl (C=O) groups is 1. The van der Waals surface area contributed by atoms with Crippen LogP contribution in [0.3, 0.4) is 0 Å². The van der Waals surface area contributed by atoms with Gasteiger partial charge in [-0.3, -0.25) is 9.36 Å². The van der Waals surface area contributed by atoms with Crippen LogP contribution in [0.25, 0.3) is 10.9 Å². The number of carbonyl (C=O) groups excluding carboxylic acids is 1. The molecule has 1 N–H and O–H groups in total. The van der Waals surface area contributed by atoms with Crippen molar-refractivity contribution in [1.29, 1.82) is 0 Å². The van der Waals surface area contributed by atoms with Gasteiger partial charge in [0.25, 0.3) is 5.91 Å². The smallest absolute Gasteiger partial charge is 0.345 e. The summed E-state index contributed by atoms with van der Waals surface area (Å²) >= 11 is 0. The third-order valence-corrected chi connectivity index (χ3v) is 5.74. The van der Waals surface area contributed by atoms with Crippen LogP contribution in [0.1, 0.15) is 41.9 Å². The third-order valence-electron chi connectivity index (χ3n) is 5.74. The van der Waals surface area contributed by atoms with Crippen molar-refractivity contribution in [3.63, 3.8) is 0 Å². The lowest BCUT2D eigenvalue weighted by Gasteiger charge is -2.31. The van der Waals surface area contributed by atoms with E-state index in [2.05, 4.69) is 10.1 Å². The lowest BCUT2D eigenvalue weighted by Crippen LogP contribution is -2.38. The van der Waals surface area contributed by atoms with E-state index in [1.165, 1.54) is 4.68 Å². The molecule has 154 valence electrons. The van der Waals surface area contributed by atoms with Crippen LogP contribution in [0.5, 0.6) is 0 Å². The van der Waals surface area contributed by atoms with Crippen LogP contribution < -0.4 is 5.69 Å². The van der Waals surface area contributed by atoms with Crippen LogP contribution in [0.2, 0.25) is 0 Å². The summed E-state index contributed by atoms with van der Waals surface area (Å²) in [7, 11) is 1.61. The van der Waals surface area contributed by atoms with Crippen molar-refractivity contribution in [3.8, 4) is 0 Å². The molecule has 1 aliphatic rings. The molecule has 8 heteroatoms. The lowest BCUT2D eigenvalue weighted by molar-refractivity contribution is 0.0712. The van der Waals surface area contributed by atoms with Gasteiger partial charge in [-0.05, 0) is 25.8 Å². The Hall–Kier alpha value is -2.87. The Labute approximate surface area is 169 Å². The first-order valence-electron chi connectivity index (χ1n) is 10.2. The highest BCUT2D eigenvalue weighted by atomic mass is 16.5. The van der Waals surface area contributed by atoms with Gasteiger partial charge in [0.05, 0.1) is 18.7 Å². The van der Waals surface area contributed by atoms with Gasteiger partial charge < -0.3 is 14.6 Å². The first kappa shape index (κ1) is 19.4. The fourth-order valence-electron chi connectivity index (χ4n) is 4.14. The molecule has 1 amide bonds. The maximum absolute atomic E-state index is 13.0. The Morgan fingerprint density at radius 3 is 2.76 bits per heavy atom. The molecule has 1 aromatic carbocycles. The number of amides is 1. The molecule has 29 heavy (non-hydrogen) atoms. The van der Waals surface area contributed by atoms with Crippen molar-refractivity contribution < 1.29 is 9.53 Å². The van der Waals surface area contributed by atoms with E-state index in [1.807, 2.05) is 36.1 Å². The summed E-state index contributed by atoms with van der Waals surface area (Å²) in [6.45, 7) is 4.78. The zero-order valence-electron chi connectivity index (χ0n) is 16.9. The van der Waals surface area contributed by atoms with Crippen molar-refractivity contribution in [2.45, 2.75) is 38.8 Å². The quantitative estimate of drug-likeness (QED) is 0.691. The Kier molecular flexibility index (Phi) is 5.53. The Bertz CT molecular complexity index is 1060. The van der Waals surface area contributed by atoms with Crippen LogP contribution >= 0.6 is 0 Å². The molecule has 0 spiro atoms. The predicted octanol–water partition coefficient (Wildman–Crippen LogP) is 2.21. The number of hydrogen-bond acceptors (Lipinski definition) is 4. The fraction of sp³-hybridized carbons (Fsp3) is 0.476. The second kappa shape index (κ2) is 8.24. The van der Waals surface area contributed by atoms with Gasteiger partial charge in [-0.2, -0.15) is 5.10 Å². The molecule has 0 radical (unpaired) electrons. The molecular weight excluding hydrogens is 370 g/mol. The van der Waals surface area contributed by atoms with Crippen LogP contribution in [-0.4, -0.2) is 56.9 Å². The summed E-state index contributed by atoms with van der Waals surface area (Å²) in [4.78, 5) is 30.7. The van der Waals surface area contributed by atoms with E-state index in [0.29, 0.717) is 38.3 Å². The van der Waals surface area contributed by atoms with Crippen LogP contribution in [0, 0.1) is 0 Å². The van der Waals surface area contributed by atoms with Gasteiger partial charge in [-0.25, -0.2) is 9.48 Å². The van der Waals surface area contributed by atoms with Gasteiger partial charge in [-0.15, -0.1) is 0 Å². The fourth-order valence-corrected chi connectivity index (χ4v) is 4.14. The van der Waals surface area contributed by atoms with Crippen LogP contribution in [0.15, 0.2) is 35.3 Å². The van der Waals surface area contributed by atoms with Gasteiger partial charge in [0.2, 0.25) is 0 Å². The van der Waals surface area contributed by atoms with Gasteiger partial charge in [-0.1, -0.05) is 18.2 Å². The summed E-state index contributed by atoms with van der Waals surface area (Å²) in [6, 6.07) is 7.85. The molecule has 8 nitrogen and oxygen atoms in total. The summed E-state index contributed by atoms with van der Waals surface area (Å²) in [5.41, 5.74) is 1.60. The standard InChI is InChI=1S/C21H27N5O3/c1-3-25-19(23-26(21(25)28)12-13-29-2)15-8-10-24(11-9-15)20(27)17-14-22-18-7-5-4-6-16(17)18/h4-7,14-15,22H,3,8-13H2,1-2H3. The van der Waals surface area contributed by atoms with Crippen molar-refractivity contribution in [3.05, 3.63) is 52.3 Å². The van der Waals surface area contributed by atoms with Crippen LogP contribution in [-0.2, 0) is 17.8 Å². The number of fused-ring (bicyclic) bond motifs is 1. The number of para-hydroxylation sites is 1. The maximum atomic E-state index is 13.0. The Morgan fingerprint density at radius 2 is 2.03 bits per heavy atom. The molecule has 0 bridgehead atoms. The molecule has 1 fully saturated rings. The van der Waals surface area contributed by atoms with E-state index in [1.54, 1.807) is 17.9 Å². The number of benzene rings is 1. The first-order chi connectivity index (χ1) is 14.1. The summed E-state index contributed by atoms with van der Waals surface area (Å²) in [5.74, 6) is 1.06. The number of ether oxygens (including phenoxy) is 1. The third kappa shape index (κ3) is 3.60. The summed E-state index contributed by atoms with van der Waals surface area (Å²) in [6.07, 6.45) is 3.40. The largest absolute Gasteiger partial charge is 0.383 e. The van der Waals surface area contributed by atoms with E-state index in [0.717, 1.165) is 29.6 Å². The average molecular weight is 397 g/mol. The molecule has 1 saturated heterocycles. The van der Waals surface area contributed by atoms with Crippen molar-refractivity contribution in [1.82, 2.24) is 24.2 Å². The molecule has 0 unspecified atom stereocenters. The molecular formula is C21H27N5O3. The van der Waals surface area contributed by atoms with E-state index in [4.69, 9.17) is 4.74 Å². The number of hydrogen-bond donors (Lipinski definition) is 1. The van der Waals surface area contributed by atoms with Gasteiger partial charge >= 0.3 is 5.69 Å². The number of methoxy groups -OCH3 is 1. The number of piperidine rings is 1. The number of rotatable bonds is 6. The highest BCUT2D eigenvalue weighted by molar-refractivity contribution is 6.06. The SMILES string of the molecule is CCn1c(C2CCN(C(=O)c3c[nH]c4ccccc34)CC2)nn(CCOC)c1=O. The van der Waals surface area contributed by atoms with Crippen molar-refractivity contribution >= 4 is 16.8 Å². The number of nitrogens with zero attached hydrogens (tertiary/aromatic N) is 4. The maximum Gasteiger partial charge on any atom is 0.345 e. The minimum absolute atomic E-state index is 0.0550. The lowest BCUT2D eigenvalue weighted by atomic mass is 9.95. The van der Waals surface area contributed by atoms with Crippen molar-refractivity contribution in [2.24, 2.45) is 0 Å². The average Bonchev–Trinajstić information content (AvgIpc) is 3.33. The molecule has 1 aliphatic heterocycles. The summed E-state index contributed by atoms with van der Waals surface area (Å²) < 4.78 is 8.32. The van der Waals surface area contributed by atoms with Gasteiger partial charge in [0.1, 0.15) is 5.82 Å². The number of likely N-dealkylation sites (tertiary alicyclic amines) is 1. The zero-order chi connectivity index (χ0) is 20.4. The van der Waals surface area contributed by atoms with Crippen molar-refractivity contribution in [2.75, 3.05) is 26.8 Å². The highest BCUT2D eigenvalue weighted by Gasteiger charge is 2.29. The number of H-pyrrole nitrogens is 1. The Morgan fingerprint density at radius 1 is 1.28 bits per heavy atom. The van der Waals surface area contributed by atoms with E-state index >= 15 is 0 Å². The number of nitrogens with one attached hydrogen (secondary N) is 1. The van der Waals surface area contributed by atoms with E-state index in [9.17, 15) is 9.59 Å². The Balaban J connectivity index is 1.48. The molecule has 0 saturated carbocycles. The van der Waals surface area contributed by atoms with E-state index in [-0.39, 0.29) is 17.5 Å². The molecule has 2 aromatic heterocycles. The summed E-state index contributed by atoms with van der Waals surface area (Å²) in [5, 5.41) is 5.54. The molecule has 0 aliphatic carbocycles. The normalized spacial score (nSPS) is 15.3. The first-order valence-corrected chi connectivity index (χ1v) is 10.2. The molecule has 0 atom stereocenters. The van der Waals surface area contributed by atoms with Gasteiger partial charge in [0.15, 0.2) is 0 Å². The predicted molar refractivity (Wildman–Crippen MR) is 110 cm³/mol. The van der Waals surface area contributed by atoms with E-state index < -0.39 is 0 Å². The molecule has 4 rings (SSSR count). The molecule has 3 heterocycles.